The molecule has 106 valence electrons. The van der Waals surface area contributed by atoms with Gasteiger partial charge in [0.05, 0.1) is 7.11 Å². The minimum atomic E-state index is -2.47. The highest BCUT2D eigenvalue weighted by Gasteiger charge is 2.31. The van der Waals surface area contributed by atoms with Crippen LogP contribution in [0.25, 0.3) is 0 Å². The summed E-state index contributed by atoms with van der Waals surface area (Å²) >= 11 is 0. The van der Waals surface area contributed by atoms with Gasteiger partial charge in [-0.25, -0.2) is 8.78 Å². The summed E-state index contributed by atoms with van der Waals surface area (Å²) in [4.78, 5) is 2.21. The van der Waals surface area contributed by atoms with Crippen molar-refractivity contribution < 1.29 is 13.5 Å². The zero-order chi connectivity index (χ0) is 14.0. The molecule has 2 unspecified atom stereocenters. The number of ether oxygens (including phenoxy) is 1. The predicted octanol–water partition coefficient (Wildman–Crippen LogP) is 2.58. The number of methoxy groups -OCH3 is 1. The number of halogens is 2. The van der Waals surface area contributed by atoms with Crippen molar-refractivity contribution in [3.05, 3.63) is 29.3 Å². The van der Waals surface area contributed by atoms with Crippen molar-refractivity contribution >= 4 is 0 Å². The molecule has 3 nitrogen and oxygen atoms in total. The lowest BCUT2D eigenvalue weighted by Gasteiger charge is -2.22. The van der Waals surface area contributed by atoms with Gasteiger partial charge < -0.3 is 10.5 Å². The lowest BCUT2D eigenvalue weighted by Crippen LogP contribution is -2.20. The number of alkyl halides is 2. The van der Waals surface area contributed by atoms with E-state index in [0.29, 0.717) is 18.2 Å². The number of nitrogens with two attached hydrogens (primary N) is 1. The van der Waals surface area contributed by atoms with E-state index in [9.17, 15) is 8.78 Å². The SMILES string of the molecule is COc1cc(C(F)F)ccc1C1CC(CN)CN1C. The number of hydrogen-bond donors (Lipinski definition) is 1. The van der Waals surface area contributed by atoms with Crippen LogP contribution in [0.2, 0.25) is 0 Å². The first kappa shape index (κ1) is 14.2. The molecule has 0 spiro atoms. The molecule has 1 aromatic carbocycles. The van der Waals surface area contributed by atoms with Crippen LogP contribution in [0.4, 0.5) is 8.78 Å². The third-order valence-electron chi connectivity index (χ3n) is 3.84. The van der Waals surface area contributed by atoms with E-state index in [1.165, 1.54) is 19.2 Å². The summed E-state index contributed by atoms with van der Waals surface area (Å²) in [5.74, 6) is 0.988. The summed E-state index contributed by atoms with van der Waals surface area (Å²) in [6.07, 6.45) is -1.53. The number of nitrogens with zero attached hydrogens (tertiary/aromatic N) is 1. The molecule has 2 rings (SSSR count). The van der Waals surface area contributed by atoms with E-state index in [-0.39, 0.29) is 11.6 Å². The van der Waals surface area contributed by atoms with E-state index in [2.05, 4.69) is 4.90 Å². The Morgan fingerprint density at radius 2 is 2.21 bits per heavy atom. The van der Waals surface area contributed by atoms with Crippen LogP contribution in [0.15, 0.2) is 18.2 Å². The predicted molar refractivity (Wildman–Crippen MR) is 70.5 cm³/mol. The Morgan fingerprint density at radius 3 is 2.74 bits per heavy atom. The van der Waals surface area contributed by atoms with Crippen LogP contribution in [0.5, 0.6) is 5.75 Å². The molecule has 1 aromatic rings. The monoisotopic (exact) mass is 270 g/mol. The van der Waals surface area contributed by atoms with E-state index in [1.807, 2.05) is 7.05 Å². The first-order valence-corrected chi connectivity index (χ1v) is 6.43. The average Bonchev–Trinajstić information content (AvgIpc) is 2.79. The van der Waals surface area contributed by atoms with Crippen molar-refractivity contribution in [3.63, 3.8) is 0 Å². The largest absolute Gasteiger partial charge is 0.496 e. The van der Waals surface area contributed by atoms with Crippen LogP contribution < -0.4 is 10.5 Å². The van der Waals surface area contributed by atoms with Gasteiger partial charge in [0, 0.05) is 23.7 Å². The number of likely N-dealkylation sites (tertiary alicyclic amines) is 1. The van der Waals surface area contributed by atoms with Crippen LogP contribution in [0.3, 0.4) is 0 Å². The molecule has 1 heterocycles. The van der Waals surface area contributed by atoms with E-state index in [0.717, 1.165) is 18.5 Å². The van der Waals surface area contributed by atoms with Gasteiger partial charge in [0.25, 0.3) is 6.43 Å². The summed E-state index contributed by atoms with van der Waals surface area (Å²) in [6.45, 7) is 1.58. The highest BCUT2D eigenvalue weighted by atomic mass is 19.3. The van der Waals surface area contributed by atoms with Crippen molar-refractivity contribution in [2.24, 2.45) is 11.7 Å². The van der Waals surface area contributed by atoms with Gasteiger partial charge in [0.2, 0.25) is 0 Å². The third-order valence-corrected chi connectivity index (χ3v) is 3.84. The van der Waals surface area contributed by atoms with Crippen LogP contribution in [-0.2, 0) is 0 Å². The van der Waals surface area contributed by atoms with Crippen LogP contribution in [0, 0.1) is 5.92 Å². The summed E-state index contributed by atoms with van der Waals surface area (Å²) in [5.41, 5.74) is 6.67. The van der Waals surface area contributed by atoms with Crippen LogP contribution >= 0.6 is 0 Å². The Hall–Kier alpha value is -1.20. The first-order valence-electron chi connectivity index (χ1n) is 6.43. The van der Waals surface area contributed by atoms with Crippen molar-refractivity contribution in [2.75, 3.05) is 27.2 Å². The molecule has 2 atom stereocenters. The summed E-state index contributed by atoms with van der Waals surface area (Å²) < 4.78 is 30.7. The molecule has 1 saturated heterocycles. The zero-order valence-corrected chi connectivity index (χ0v) is 11.3. The zero-order valence-electron chi connectivity index (χ0n) is 11.3. The maximum Gasteiger partial charge on any atom is 0.263 e. The number of rotatable bonds is 4. The second-order valence-corrected chi connectivity index (χ2v) is 5.09. The van der Waals surface area contributed by atoms with Crippen molar-refractivity contribution in [1.82, 2.24) is 4.90 Å². The molecule has 0 bridgehead atoms. The average molecular weight is 270 g/mol. The molecule has 0 amide bonds. The highest BCUT2D eigenvalue weighted by molar-refractivity contribution is 5.40. The lowest BCUT2D eigenvalue weighted by molar-refractivity contribution is 0.151. The highest BCUT2D eigenvalue weighted by Crippen LogP contribution is 2.39. The molecule has 0 radical (unpaired) electrons. The Bertz CT molecular complexity index is 439. The Labute approximate surface area is 112 Å². The Kier molecular flexibility index (Phi) is 4.37. The van der Waals surface area contributed by atoms with Crippen LogP contribution in [0.1, 0.15) is 30.0 Å². The molecule has 1 aliphatic rings. The molecular weight excluding hydrogens is 250 g/mol. The van der Waals surface area contributed by atoms with E-state index < -0.39 is 6.43 Å². The quantitative estimate of drug-likeness (QED) is 0.914. The Morgan fingerprint density at radius 1 is 1.47 bits per heavy atom. The second kappa shape index (κ2) is 5.84. The van der Waals surface area contributed by atoms with Gasteiger partial charge in [-0.2, -0.15) is 0 Å². The van der Waals surface area contributed by atoms with Gasteiger partial charge in [-0.1, -0.05) is 12.1 Å². The maximum atomic E-state index is 12.7. The van der Waals surface area contributed by atoms with Crippen molar-refractivity contribution in [2.45, 2.75) is 18.9 Å². The minimum absolute atomic E-state index is 0.00313. The summed E-state index contributed by atoms with van der Waals surface area (Å²) in [5, 5.41) is 0. The molecule has 5 heteroatoms. The molecule has 0 saturated carbocycles. The molecular formula is C14H20F2N2O. The van der Waals surface area contributed by atoms with E-state index in [1.54, 1.807) is 6.07 Å². The molecule has 1 aliphatic heterocycles. The second-order valence-electron chi connectivity index (χ2n) is 5.09. The molecule has 1 fully saturated rings. The fraction of sp³-hybridized carbons (Fsp3) is 0.571. The topological polar surface area (TPSA) is 38.5 Å². The van der Waals surface area contributed by atoms with Gasteiger partial charge in [-0.3, -0.25) is 4.90 Å². The summed E-state index contributed by atoms with van der Waals surface area (Å²) in [6, 6.07) is 4.85. The van der Waals surface area contributed by atoms with Gasteiger partial charge in [-0.05, 0) is 32.0 Å². The van der Waals surface area contributed by atoms with Gasteiger partial charge >= 0.3 is 0 Å². The number of hydrogen-bond acceptors (Lipinski definition) is 3. The summed E-state index contributed by atoms with van der Waals surface area (Å²) in [7, 11) is 3.55. The fourth-order valence-corrected chi connectivity index (χ4v) is 2.78. The van der Waals surface area contributed by atoms with Gasteiger partial charge in [0.1, 0.15) is 5.75 Å². The van der Waals surface area contributed by atoms with Crippen molar-refractivity contribution in [3.8, 4) is 5.75 Å². The van der Waals surface area contributed by atoms with Crippen LogP contribution in [-0.4, -0.2) is 32.1 Å². The normalized spacial score (nSPS) is 24.1. The smallest absolute Gasteiger partial charge is 0.263 e. The molecule has 19 heavy (non-hydrogen) atoms. The first-order chi connectivity index (χ1) is 9.06. The standard InChI is InChI=1S/C14H20F2N2O/c1-18-8-9(7-17)5-12(18)11-4-3-10(14(15)16)6-13(11)19-2/h3-4,6,9,12,14H,5,7-8,17H2,1-2H3. The van der Waals surface area contributed by atoms with E-state index in [4.69, 9.17) is 10.5 Å². The molecule has 0 aromatic heterocycles. The Balaban J connectivity index is 2.29. The molecule has 2 N–H and O–H groups in total. The van der Waals surface area contributed by atoms with Crippen molar-refractivity contribution in [1.29, 1.82) is 0 Å². The van der Waals surface area contributed by atoms with Gasteiger partial charge in [0.15, 0.2) is 0 Å². The van der Waals surface area contributed by atoms with E-state index >= 15 is 0 Å². The third kappa shape index (κ3) is 2.87. The fourth-order valence-electron chi connectivity index (χ4n) is 2.78. The lowest BCUT2D eigenvalue weighted by atomic mass is 9.98. The number of benzene rings is 1. The van der Waals surface area contributed by atoms with Gasteiger partial charge in [-0.15, -0.1) is 0 Å². The minimum Gasteiger partial charge on any atom is -0.496 e. The maximum absolute atomic E-state index is 12.7. The molecule has 0 aliphatic carbocycles.